The lowest BCUT2D eigenvalue weighted by Gasteiger charge is -2.15. The lowest BCUT2D eigenvalue weighted by Crippen LogP contribution is -2.27. The molecule has 1 N–H and O–H groups in total. The number of hydrogen-bond acceptors (Lipinski definition) is 11. The van der Waals surface area contributed by atoms with Crippen LogP contribution in [0, 0.1) is 0 Å². The van der Waals surface area contributed by atoms with Crippen molar-refractivity contribution in [3.05, 3.63) is 64.4 Å². The highest BCUT2D eigenvalue weighted by atomic mass is 19.4. The number of pyridine rings is 1. The van der Waals surface area contributed by atoms with Crippen molar-refractivity contribution in [2.45, 2.75) is 12.3 Å². The number of H-pyrrole nitrogens is 1. The van der Waals surface area contributed by atoms with Gasteiger partial charge in [-0.3, -0.25) is 9.69 Å². The van der Waals surface area contributed by atoms with Crippen LogP contribution >= 0.6 is 0 Å². The number of carbonyl (C=O) groups excluding carboxylic acids is 2. The van der Waals surface area contributed by atoms with Crippen LogP contribution in [-0.2, 0) is 44.1 Å². The number of hydrogen-bond donors (Lipinski definition) is 1. The summed E-state index contributed by atoms with van der Waals surface area (Å²) in [7, 11) is 1.60. The van der Waals surface area contributed by atoms with Crippen LogP contribution in [0.5, 0.6) is 0 Å². The highest BCUT2D eigenvalue weighted by molar-refractivity contribution is 5.94. The molecule has 16 heteroatoms. The number of anilines is 1. The fraction of sp³-hybridized carbons (Fsp3) is 0.469. The van der Waals surface area contributed by atoms with Gasteiger partial charge in [-0.05, 0) is 29.7 Å². The van der Waals surface area contributed by atoms with Crippen molar-refractivity contribution in [1.29, 1.82) is 0 Å². The Morgan fingerprint density at radius 2 is 1.48 bits per heavy atom. The number of halogens is 3. The molecule has 1 atom stereocenters. The highest BCUT2D eigenvalue weighted by Crippen LogP contribution is 2.36. The minimum Gasteiger partial charge on any atom is -0.440 e. The molecule has 3 aromatic rings. The van der Waals surface area contributed by atoms with Gasteiger partial charge in [-0.15, -0.1) is 0 Å². The van der Waals surface area contributed by atoms with Crippen molar-refractivity contribution in [2.24, 2.45) is 0 Å². The lowest BCUT2D eigenvalue weighted by molar-refractivity contribution is -0.137. The zero-order valence-corrected chi connectivity index (χ0v) is 26.3. The Labute approximate surface area is 273 Å². The fourth-order valence-corrected chi connectivity index (χ4v) is 4.64. The van der Waals surface area contributed by atoms with Crippen molar-refractivity contribution in [3.8, 4) is 11.3 Å². The monoisotopic (exact) mass is 682 g/mol. The molecule has 0 radical (unpaired) electrons. The number of aromatic nitrogens is 1. The maximum absolute atomic E-state index is 13.5. The van der Waals surface area contributed by atoms with Crippen LogP contribution in [0.4, 0.5) is 28.4 Å². The predicted octanol–water partition coefficient (Wildman–Crippen LogP) is 4.41. The number of nitrogens with zero attached hydrogens (tertiary/aromatic N) is 1. The zero-order valence-electron chi connectivity index (χ0n) is 26.3. The third-order valence-electron chi connectivity index (χ3n) is 6.92. The van der Waals surface area contributed by atoms with E-state index in [1.54, 1.807) is 13.2 Å². The molecule has 1 aromatic heterocycles. The average Bonchev–Trinajstić information content (AvgIpc) is 3.45. The Bertz CT molecular complexity index is 1550. The van der Waals surface area contributed by atoms with E-state index in [0.717, 1.165) is 6.07 Å². The summed E-state index contributed by atoms with van der Waals surface area (Å²) in [5.41, 5.74) is -1.34. The van der Waals surface area contributed by atoms with E-state index in [0.29, 0.717) is 63.9 Å². The Kier molecular flexibility index (Phi) is 14.0. The first kappa shape index (κ1) is 36.6. The summed E-state index contributed by atoms with van der Waals surface area (Å²) in [6, 6.07) is 10.9. The van der Waals surface area contributed by atoms with Crippen LogP contribution in [0.25, 0.3) is 22.0 Å². The molecular weight excluding hydrogens is 645 g/mol. The van der Waals surface area contributed by atoms with Crippen LogP contribution in [-0.4, -0.2) is 110 Å². The number of amides is 1. The van der Waals surface area contributed by atoms with Crippen molar-refractivity contribution in [3.63, 3.8) is 0 Å². The number of carbonyl (C=O) groups is 2. The number of fused-ring (bicyclic) bond motifs is 1. The summed E-state index contributed by atoms with van der Waals surface area (Å²) in [6.45, 7) is 3.26. The van der Waals surface area contributed by atoms with Gasteiger partial charge in [0, 0.05) is 29.4 Å². The number of rotatable bonds is 19. The zero-order chi connectivity index (χ0) is 34.4. The molecule has 1 aliphatic heterocycles. The molecule has 1 saturated heterocycles. The molecule has 262 valence electrons. The Balaban J connectivity index is 1.15. The van der Waals surface area contributed by atoms with Gasteiger partial charge >= 0.3 is 18.4 Å². The van der Waals surface area contributed by atoms with E-state index in [1.165, 1.54) is 41.3 Å². The van der Waals surface area contributed by atoms with Gasteiger partial charge < -0.3 is 42.9 Å². The van der Waals surface area contributed by atoms with Crippen LogP contribution in [0.15, 0.2) is 53.3 Å². The summed E-state index contributed by atoms with van der Waals surface area (Å²) < 4.78 is 82.1. The number of aromatic amines is 1. The topological polar surface area (TPSA) is 144 Å². The molecule has 1 amide bonds. The van der Waals surface area contributed by atoms with Gasteiger partial charge in [-0.1, -0.05) is 24.3 Å². The fourth-order valence-electron chi connectivity index (χ4n) is 4.64. The normalized spacial score (nSPS) is 14.8. The Morgan fingerprint density at radius 3 is 2.12 bits per heavy atom. The van der Waals surface area contributed by atoms with E-state index in [1.807, 2.05) is 0 Å². The molecule has 2 aromatic carbocycles. The van der Waals surface area contributed by atoms with E-state index in [4.69, 9.17) is 37.9 Å². The van der Waals surface area contributed by atoms with Gasteiger partial charge in [-0.2, -0.15) is 13.2 Å². The summed E-state index contributed by atoms with van der Waals surface area (Å²) in [4.78, 5) is 41.2. The molecule has 0 bridgehead atoms. The first-order valence-corrected chi connectivity index (χ1v) is 15.1. The molecule has 0 spiro atoms. The van der Waals surface area contributed by atoms with Crippen molar-refractivity contribution < 1.29 is 60.7 Å². The maximum Gasteiger partial charge on any atom is 0.508 e. The van der Waals surface area contributed by atoms with Crippen molar-refractivity contribution >= 4 is 28.7 Å². The van der Waals surface area contributed by atoms with E-state index < -0.39 is 35.7 Å². The molecule has 4 rings (SSSR count). The van der Waals surface area contributed by atoms with Gasteiger partial charge in [0.15, 0.2) is 6.10 Å². The quantitative estimate of drug-likeness (QED) is 0.142. The SMILES string of the molecule is COCCOCCOCCOCCOCCOC(=O)OCC1CN(c2ccc3cc(-c4ccccc4C(F)(F)F)[nH]c(=O)c3c2)C(=O)O1. The molecule has 48 heavy (non-hydrogen) atoms. The minimum atomic E-state index is -4.61. The maximum atomic E-state index is 13.5. The molecule has 2 heterocycles. The first-order valence-electron chi connectivity index (χ1n) is 15.1. The number of nitrogens with one attached hydrogen (secondary N) is 1. The Morgan fingerprint density at radius 1 is 0.854 bits per heavy atom. The molecular formula is C32H37F3N2O11. The van der Waals surface area contributed by atoms with E-state index in [-0.39, 0.29) is 43.0 Å². The molecule has 0 aliphatic carbocycles. The second-order valence-corrected chi connectivity index (χ2v) is 10.3. The van der Waals surface area contributed by atoms with Gasteiger partial charge in [-0.25, -0.2) is 9.59 Å². The first-order chi connectivity index (χ1) is 23.2. The van der Waals surface area contributed by atoms with Crippen molar-refractivity contribution in [2.75, 3.05) is 91.2 Å². The minimum absolute atomic E-state index is 0.00658. The predicted molar refractivity (Wildman–Crippen MR) is 165 cm³/mol. The average molecular weight is 683 g/mol. The second-order valence-electron chi connectivity index (χ2n) is 10.3. The van der Waals surface area contributed by atoms with E-state index in [2.05, 4.69) is 4.98 Å². The smallest absolute Gasteiger partial charge is 0.440 e. The summed E-state index contributed by atoms with van der Waals surface area (Å²) >= 11 is 0. The van der Waals surface area contributed by atoms with Gasteiger partial charge in [0.05, 0.1) is 71.6 Å². The highest BCUT2D eigenvalue weighted by Gasteiger charge is 2.35. The molecule has 1 aliphatic rings. The number of benzene rings is 2. The van der Waals surface area contributed by atoms with Crippen LogP contribution < -0.4 is 10.5 Å². The Hall–Kier alpha value is -4.22. The number of alkyl halides is 3. The summed E-state index contributed by atoms with van der Waals surface area (Å²) in [6.07, 6.45) is -7.10. The van der Waals surface area contributed by atoms with Gasteiger partial charge in [0.2, 0.25) is 0 Å². The molecule has 1 unspecified atom stereocenters. The molecule has 0 saturated carbocycles. The second kappa shape index (κ2) is 18.4. The van der Waals surface area contributed by atoms with E-state index in [9.17, 15) is 27.6 Å². The van der Waals surface area contributed by atoms with Crippen LogP contribution in [0.1, 0.15) is 5.56 Å². The largest absolute Gasteiger partial charge is 0.508 e. The van der Waals surface area contributed by atoms with Gasteiger partial charge in [0.1, 0.15) is 13.2 Å². The third kappa shape index (κ3) is 10.9. The van der Waals surface area contributed by atoms with Crippen molar-refractivity contribution in [1.82, 2.24) is 4.98 Å². The lowest BCUT2D eigenvalue weighted by atomic mass is 10.0. The summed E-state index contributed by atoms with van der Waals surface area (Å²) in [5, 5.41) is 0.539. The number of cyclic esters (lactones) is 1. The molecule has 1 fully saturated rings. The third-order valence-corrected chi connectivity index (χ3v) is 6.92. The summed E-state index contributed by atoms with van der Waals surface area (Å²) in [5.74, 6) is 0. The van der Waals surface area contributed by atoms with Crippen LogP contribution in [0.3, 0.4) is 0 Å². The standard InChI is InChI=1S/C32H37F3N2O11/c1-41-8-9-42-10-11-43-12-13-44-14-15-45-16-17-46-31(40)47-21-24-20-37(30(39)48-24)23-7-6-22-18-28(36-29(38)26(22)19-23)25-4-2-3-5-27(25)32(33,34)35/h2-7,18-19,24H,8-17,20-21H2,1H3,(H,36,38). The molecule has 13 nitrogen and oxygen atoms in total. The number of ether oxygens (including phenoxy) is 8. The van der Waals surface area contributed by atoms with Gasteiger partial charge in [0.25, 0.3) is 5.56 Å². The van der Waals surface area contributed by atoms with E-state index >= 15 is 0 Å². The number of methoxy groups -OCH3 is 1. The van der Waals surface area contributed by atoms with Crippen LogP contribution in [0.2, 0.25) is 0 Å².